The minimum Gasteiger partial charge on any atom is -0.378 e. The van der Waals surface area contributed by atoms with Crippen molar-refractivity contribution in [3.63, 3.8) is 0 Å². The Labute approximate surface area is 99.5 Å². The maximum Gasteiger partial charge on any atom is 0.0622 e. The summed E-state index contributed by atoms with van der Waals surface area (Å²) < 4.78 is 5.56. The van der Waals surface area contributed by atoms with Gasteiger partial charge >= 0.3 is 0 Å². The maximum atomic E-state index is 5.56. The van der Waals surface area contributed by atoms with E-state index in [-0.39, 0.29) is 0 Å². The number of ether oxygens (including phenoxy) is 1. The Bertz CT molecular complexity index is 190. The smallest absolute Gasteiger partial charge is 0.0622 e. The molecule has 0 aromatic carbocycles. The van der Waals surface area contributed by atoms with Crippen LogP contribution >= 0.6 is 0 Å². The monoisotopic (exact) mass is 226 g/mol. The van der Waals surface area contributed by atoms with Gasteiger partial charge in [-0.25, -0.2) is 0 Å². The van der Waals surface area contributed by atoms with E-state index in [1.807, 2.05) is 0 Å². The second-order valence-electron chi connectivity index (χ2n) is 5.13. The Morgan fingerprint density at radius 3 is 3.12 bits per heavy atom. The van der Waals surface area contributed by atoms with E-state index in [1.54, 1.807) is 0 Å². The van der Waals surface area contributed by atoms with Crippen LogP contribution in [0.4, 0.5) is 0 Å². The molecule has 1 N–H and O–H groups in total. The molecule has 0 radical (unpaired) electrons. The molecule has 0 amide bonds. The Morgan fingerprint density at radius 1 is 1.31 bits per heavy atom. The molecule has 2 saturated heterocycles. The summed E-state index contributed by atoms with van der Waals surface area (Å²) in [7, 11) is 0. The molecular formula is C13H26N2O. The van der Waals surface area contributed by atoms with Gasteiger partial charge in [0.2, 0.25) is 0 Å². The van der Waals surface area contributed by atoms with Gasteiger partial charge in [0.1, 0.15) is 0 Å². The Hall–Kier alpha value is -0.120. The highest BCUT2D eigenvalue weighted by Gasteiger charge is 2.24. The highest BCUT2D eigenvalue weighted by Crippen LogP contribution is 2.14. The van der Waals surface area contributed by atoms with E-state index in [2.05, 4.69) is 17.1 Å². The van der Waals surface area contributed by atoms with Gasteiger partial charge < -0.3 is 10.1 Å². The first kappa shape index (κ1) is 12.3. The third-order valence-corrected chi connectivity index (χ3v) is 3.94. The van der Waals surface area contributed by atoms with Crippen molar-refractivity contribution < 1.29 is 4.74 Å². The van der Waals surface area contributed by atoms with E-state index in [4.69, 9.17) is 4.74 Å². The fourth-order valence-electron chi connectivity index (χ4n) is 2.85. The normalized spacial score (nSPS) is 33.6. The number of nitrogens with one attached hydrogen (secondary N) is 1. The quantitative estimate of drug-likeness (QED) is 0.791. The third-order valence-electron chi connectivity index (χ3n) is 3.94. The topological polar surface area (TPSA) is 24.5 Å². The van der Waals surface area contributed by atoms with Crippen molar-refractivity contribution in [3.8, 4) is 0 Å². The SMILES string of the molecule is CCC1COCCN1CC1CCCCCN1. The molecule has 0 aromatic heterocycles. The molecule has 0 aromatic rings. The molecule has 2 atom stereocenters. The first-order valence-corrected chi connectivity index (χ1v) is 6.95. The van der Waals surface area contributed by atoms with Crippen molar-refractivity contribution in [3.05, 3.63) is 0 Å². The average Bonchev–Trinajstić information content (AvgIpc) is 2.58. The predicted molar refractivity (Wildman–Crippen MR) is 66.7 cm³/mol. The van der Waals surface area contributed by atoms with Crippen molar-refractivity contribution >= 4 is 0 Å². The number of morpholine rings is 1. The molecule has 3 heteroatoms. The summed E-state index contributed by atoms with van der Waals surface area (Å²) in [6, 6.07) is 1.37. The number of hydrogen-bond acceptors (Lipinski definition) is 3. The fourth-order valence-corrected chi connectivity index (χ4v) is 2.85. The van der Waals surface area contributed by atoms with Crippen LogP contribution < -0.4 is 5.32 Å². The summed E-state index contributed by atoms with van der Waals surface area (Å²) >= 11 is 0. The van der Waals surface area contributed by atoms with Crippen molar-refractivity contribution in [2.75, 3.05) is 32.8 Å². The van der Waals surface area contributed by atoms with Gasteiger partial charge in [-0.15, -0.1) is 0 Å². The number of hydrogen-bond donors (Lipinski definition) is 1. The highest BCUT2D eigenvalue weighted by molar-refractivity contribution is 4.80. The molecule has 2 heterocycles. The van der Waals surface area contributed by atoms with E-state index >= 15 is 0 Å². The molecule has 16 heavy (non-hydrogen) atoms. The van der Waals surface area contributed by atoms with Crippen LogP contribution in [0.25, 0.3) is 0 Å². The van der Waals surface area contributed by atoms with Crippen LogP contribution in [0.15, 0.2) is 0 Å². The standard InChI is InChI=1S/C13H26N2O/c1-2-13-11-16-9-8-15(13)10-12-6-4-3-5-7-14-12/h12-14H,2-11H2,1H3. The molecule has 2 rings (SSSR count). The molecule has 0 saturated carbocycles. The van der Waals surface area contributed by atoms with Crippen LogP contribution in [-0.2, 0) is 4.74 Å². The van der Waals surface area contributed by atoms with Gasteiger partial charge in [-0.1, -0.05) is 19.8 Å². The third kappa shape index (κ3) is 3.44. The zero-order valence-corrected chi connectivity index (χ0v) is 10.6. The summed E-state index contributed by atoms with van der Waals surface area (Å²) in [4.78, 5) is 2.63. The predicted octanol–water partition coefficient (Wildman–Crippen LogP) is 1.63. The molecule has 2 aliphatic rings. The lowest BCUT2D eigenvalue weighted by Gasteiger charge is -2.37. The molecule has 2 aliphatic heterocycles. The zero-order valence-electron chi connectivity index (χ0n) is 10.6. The van der Waals surface area contributed by atoms with Crippen molar-refractivity contribution in [2.45, 2.75) is 51.1 Å². The van der Waals surface area contributed by atoms with Gasteiger partial charge in [-0.2, -0.15) is 0 Å². The average molecular weight is 226 g/mol. The van der Waals surface area contributed by atoms with Gasteiger partial charge in [0.05, 0.1) is 13.2 Å². The fraction of sp³-hybridized carbons (Fsp3) is 1.00. The van der Waals surface area contributed by atoms with Crippen molar-refractivity contribution in [2.24, 2.45) is 0 Å². The van der Waals surface area contributed by atoms with Crippen molar-refractivity contribution in [1.29, 1.82) is 0 Å². The van der Waals surface area contributed by atoms with Gasteiger partial charge in [0.15, 0.2) is 0 Å². The number of nitrogens with zero attached hydrogens (tertiary/aromatic N) is 1. The van der Waals surface area contributed by atoms with E-state index in [9.17, 15) is 0 Å². The minimum absolute atomic E-state index is 0.652. The summed E-state index contributed by atoms with van der Waals surface area (Å²) in [5.41, 5.74) is 0. The van der Waals surface area contributed by atoms with Crippen LogP contribution in [0.2, 0.25) is 0 Å². The van der Waals surface area contributed by atoms with Gasteiger partial charge in [-0.3, -0.25) is 4.90 Å². The van der Waals surface area contributed by atoms with Gasteiger partial charge in [0.25, 0.3) is 0 Å². The lowest BCUT2D eigenvalue weighted by molar-refractivity contribution is -0.0127. The van der Waals surface area contributed by atoms with E-state index in [0.717, 1.165) is 25.8 Å². The van der Waals surface area contributed by atoms with Gasteiger partial charge in [-0.05, 0) is 25.8 Å². The van der Waals surface area contributed by atoms with Crippen LogP contribution in [0, 0.1) is 0 Å². The van der Waals surface area contributed by atoms with E-state index in [0.29, 0.717) is 6.04 Å². The van der Waals surface area contributed by atoms with Crippen LogP contribution in [0.1, 0.15) is 39.0 Å². The lowest BCUT2D eigenvalue weighted by atomic mass is 10.1. The molecule has 0 bridgehead atoms. The Balaban J connectivity index is 1.81. The molecule has 94 valence electrons. The molecule has 0 spiro atoms. The summed E-state index contributed by atoms with van der Waals surface area (Å²) in [5, 5.41) is 3.69. The van der Waals surface area contributed by atoms with Crippen LogP contribution in [0.3, 0.4) is 0 Å². The molecule has 0 aliphatic carbocycles. The molecule has 2 fully saturated rings. The zero-order chi connectivity index (χ0) is 11.2. The maximum absolute atomic E-state index is 5.56. The first-order valence-electron chi connectivity index (χ1n) is 6.95. The highest BCUT2D eigenvalue weighted by atomic mass is 16.5. The van der Waals surface area contributed by atoms with E-state index in [1.165, 1.54) is 45.2 Å². The Morgan fingerprint density at radius 2 is 2.25 bits per heavy atom. The Kier molecular flexibility index (Phi) is 5.07. The summed E-state index contributed by atoms with van der Waals surface area (Å²) in [5.74, 6) is 0. The van der Waals surface area contributed by atoms with Crippen molar-refractivity contribution in [1.82, 2.24) is 10.2 Å². The van der Waals surface area contributed by atoms with E-state index < -0.39 is 0 Å². The van der Waals surface area contributed by atoms with Gasteiger partial charge in [0, 0.05) is 25.2 Å². The lowest BCUT2D eigenvalue weighted by Crippen LogP contribution is -2.50. The molecule has 2 unspecified atom stereocenters. The van der Waals surface area contributed by atoms with Crippen LogP contribution in [-0.4, -0.2) is 49.8 Å². The second-order valence-corrected chi connectivity index (χ2v) is 5.13. The molecule has 3 nitrogen and oxygen atoms in total. The largest absolute Gasteiger partial charge is 0.378 e. The first-order chi connectivity index (χ1) is 7.90. The van der Waals surface area contributed by atoms with Crippen LogP contribution in [0.5, 0.6) is 0 Å². The minimum atomic E-state index is 0.652. The second kappa shape index (κ2) is 6.58. The summed E-state index contributed by atoms with van der Waals surface area (Å²) in [6.45, 7) is 7.68. The number of rotatable bonds is 3. The summed E-state index contributed by atoms with van der Waals surface area (Å²) in [6.07, 6.45) is 6.74. The molecular weight excluding hydrogens is 200 g/mol.